The fourth-order valence-electron chi connectivity index (χ4n) is 1.87. The lowest BCUT2D eigenvalue weighted by Crippen LogP contribution is -2.11. The van der Waals surface area contributed by atoms with E-state index in [1.165, 1.54) is 19.2 Å². The number of benzene rings is 1. The number of amides is 1. The maximum absolute atomic E-state index is 12.1. The van der Waals surface area contributed by atoms with Gasteiger partial charge < -0.3 is 4.98 Å². The Morgan fingerprint density at radius 2 is 2.00 bits per heavy atom. The van der Waals surface area contributed by atoms with Crippen molar-refractivity contribution in [3.8, 4) is 11.4 Å². The van der Waals surface area contributed by atoms with E-state index in [2.05, 4.69) is 19.7 Å². The Kier molecular flexibility index (Phi) is 3.80. The van der Waals surface area contributed by atoms with E-state index in [1.807, 2.05) is 30.3 Å². The van der Waals surface area contributed by atoms with Crippen molar-refractivity contribution in [2.45, 2.75) is 6.92 Å². The fourth-order valence-corrected chi connectivity index (χ4v) is 2.46. The monoisotopic (exact) mass is 312 g/mol. The number of aromatic amines is 1. The number of hydrogen-bond donors (Lipinski definition) is 2. The van der Waals surface area contributed by atoms with E-state index in [9.17, 15) is 9.59 Å². The zero-order valence-electron chi connectivity index (χ0n) is 11.7. The summed E-state index contributed by atoms with van der Waals surface area (Å²) in [6.07, 6.45) is 1.51. The van der Waals surface area contributed by atoms with Crippen LogP contribution in [-0.2, 0) is 0 Å². The van der Waals surface area contributed by atoms with Crippen molar-refractivity contribution in [1.29, 1.82) is 0 Å². The molecule has 0 aliphatic rings. The smallest absolute Gasteiger partial charge is 0.273 e. The van der Waals surface area contributed by atoms with Gasteiger partial charge in [-0.05, 0) is 13.0 Å². The Hall–Kier alpha value is -2.80. The molecule has 0 atom stereocenters. The standard InChI is InChI=1S/C15H12N4O2S/c1-9(20)11-7-12(16-8-11)14(21)18-15-17-13(19-22-15)10-5-3-2-4-6-10/h2-8,16H,1H3,(H,17,18,19,21). The minimum absolute atomic E-state index is 0.0995. The first-order valence-electron chi connectivity index (χ1n) is 6.53. The van der Waals surface area contributed by atoms with E-state index in [1.54, 1.807) is 0 Å². The van der Waals surface area contributed by atoms with E-state index >= 15 is 0 Å². The van der Waals surface area contributed by atoms with Gasteiger partial charge in [-0.1, -0.05) is 30.3 Å². The van der Waals surface area contributed by atoms with Gasteiger partial charge in [-0.2, -0.15) is 9.36 Å². The lowest BCUT2D eigenvalue weighted by molar-refractivity contribution is 0.101. The molecular weight excluding hydrogens is 300 g/mol. The largest absolute Gasteiger partial charge is 0.356 e. The zero-order valence-corrected chi connectivity index (χ0v) is 12.5. The molecule has 2 heterocycles. The molecule has 0 saturated heterocycles. The summed E-state index contributed by atoms with van der Waals surface area (Å²) in [5.41, 5.74) is 1.66. The van der Waals surface area contributed by atoms with Crippen molar-refractivity contribution in [2.24, 2.45) is 0 Å². The molecule has 0 spiro atoms. The summed E-state index contributed by atoms with van der Waals surface area (Å²) in [4.78, 5) is 30.4. The van der Waals surface area contributed by atoms with Crippen LogP contribution >= 0.6 is 11.5 Å². The number of hydrogen-bond acceptors (Lipinski definition) is 5. The second-order valence-corrected chi connectivity index (χ2v) is 5.35. The minimum atomic E-state index is -0.358. The van der Waals surface area contributed by atoms with Gasteiger partial charge in [-0.25, -0.2) is 0 Å². The SMILES string of the molecule is CC(=O)c1c[nH]c(C(=O)Nc2nc(-c3ccccc3)ns2)c1. The van der Waals surface area contributed by atoms with Crippen LogP contribution in [0.4, 0.5) is 5.13 Å². The molecule has 2 N–H and O–H groups in total. The number of aromatic nitrogens is 3. The molecule has 0 radical (unpaired) electrons. The first-order chi connectivity index (χ1) is 10.6. The van der Waals surface area contributed by atoms with E-state index < -0.39 is 0 Å². The van der Waals surface area contributed by atoms with Crippen LogP contribution in [0.25, 0.3) is 11.4 Å². The zero-order chi connectivity index (χ0) is 15.5. The molecule has 3 rings (SSSR count). The van der Waals surface area contributed by atoms with Crippen LogP contribution in [-0.4, -0.2) is 26.0 Å². The van der Waals surface area contributed by atoms with Gasteiger partial charge in [0.25, 0.3) is 5.91 Å². The van der Waals surface area contributed by atoms with Crippen LogP contribution in [0.2, 0.25) is 0 Å². The maximum Gasteiger partial charge on any atom is 0.273 e. The number of carbonyl (C=O) groups excluding carboxylic acids is 2. The van der Waals surface area contributed by atoms with Crippen molar-refractivity contribution < 1.29 is 9.59 Å². The number of rotatable bonds is 4. The molecule has 6 nitrogen and oxygen atoms in total. The van der Waals surface area contributed by atoms with Gasteiger partial charge in [0.15, 0.2) is 11.6 Å². The molecular formula is C15H12N4O2S. The van der Waals surface area contributed by atoms with Crippen LogP contribution in [0.15, 0.2) is 42.6 Å². The molecule has 3 aromatic rings. The van der Waals surface area contributed by atoms with Crippen molar-refractivity contribution in [2.75, 3.05) is 5.32 Å². The Morgan fingerprint density at radius 3 is 2.68 bits per heavy atom. The van der Waals surface area contributed by atoms with Crippen molar-refractivity contribution in [1.82, 2.24) is 14.3 Å². The molecule has 1 amide bonds. The molecule has 0 aliphatic heterocycles. The molecule has 0 aliphatic carbocycles. The minimum Gasteiger partial charge on any atom is -0.356 e. The van der Waals surface area contributed by atoms with E-state index in [4.69, 9.17) is 0 Å². The highest BCUT2D eigenvalue weighted by Gasteiger charge is 2.13. The lowest BCUT2D eigenvalue weighted by atomic mass is 10.2. The lowest BCUT2D eigenvalue weighted by Gasteiger charge is -1.97. The summed E-state index contributed by atoms with van der Waals surface area (Å²) in [6, 6.07) is 11.0. The summed E-state index contributed by atoms with van der Waals surface area (Å²) in [7, 11) is 0. The van der Waals surface area contributed by atoms with E-state index in [0.717, 1.165) is 17.1 Å². The predicted octanol–water partition coefficient (Wildman–Crippen LogP) is 2.99. The number of Topliss-reactive ketones (excluding diaryl/α,β-unsaturated/α-hetero) is 1. The Bertz CT molecular complexity index is 823. The second-order valence-electron chi connectivity index (χ2n) is 4.60. The molecule has 22 heavy (non-hydrogen) atoms. The van der Waals surface area contributed by atoms with E-state index in [0.29, 0.717) is 22.2 Å². The fraction of sp³-hybridized carbons (Fsp3) is 0.0667. The third kappa shape index (κ3) is 2.94. The highest BCUT2D eigenvalue weighted by molar-refractivity contribution is 7.10. The third-order valence-corrected chi connectivity index (χ3v) is 3.64. The highest BCUT2D eigenvalue weighted by Crippen LogP contribution is 2.21. The Labute approximate surface area is 130 Å². The van der Waals surface area contributed by atoms with Crippen molar-refractivity contribution >= 4 is 28.4 Å². The van der Waals surface area contributed by atoms with Crippen molar-refractivity contribution in [3.05, 3.63) is 53.9 Å². The topological polar surface area (TPSA) is 87.7 Å². The second kappa shape index (κ2) is 5.90. The number of nitrogens with zero attached hydrogens (tertiary/aromatic N) is 2. The number of H-pyrrole nitrogens is 1. The molecule has 1 aromatic carbocycles. The summed E-state index contributed by atoms with van der Waals surface area (Å²) < 4.78 is 4.22. The van der Waals surface area contributed by atoms with Gasteiger partial charge in [0.05, 0.1) is 0 Å². The van der Waals surface area contributed by atoms with Gasteiger partial charge in [0.1, 0.15) is 5.69 Å². The molecule has 0 saturated carbocycles. The Morgan fingerprint density at radius 1 is 1.23 bits per heavy atom. The first-order valence-corrected chi connectivity index (χ1v) is 7.30. The number of nitrogens with one attached hydrogen (secondary N) is 2. The van der Waals surface area contributed by atoms with Gasteiger partial charge in [0.2, 0.25) is 5.13 Å². The average molecular weight is 312 g/mol. The number of anilines is 1. The van der Waals surface area contributed by atoms with Crippen LogP contribution in [0, 0.1) is 0 Å². The maximum atomic E-state index is 12.1. The quantitative estimate of drug-likeness (QED) is 0.725. The van der Waals surface area contributed by atoms with Gasteiger partial charge in [-0.15, -0.1) is 0 Å². The molecule has 2 aromatic heterocycles. The van der Waals surface area contributed by atoms with Crippen LogP contribution in [0.3, 0.4) is 0 Å². The molecule has 0 bridgehead atoms. The molecule has 0 fully saturated rings. The van der Waals surface area contributed by atoms with Crippen LogP contribution in [0.5, 0.6) is 0 Å². The van der Waals surface area contributed by atoms with Crippen LogP contribution in [0.1, 0.15) is 27.8 Å². The van der Waals surface area contributed by atoms with Gasteiger partial charge in [0, 0.05) is 28.9 Å². The average Bonchev–Trinajstić information content (AvgIpc) is 3.17. The van der Waals surface area contributed by atoms with Crippen LogP contribution < -0.4 is 5.32 Å². The summed E-state index contributed by atoms with van der Waals surface area (Å²) in [5, 5.41) is 3.07. The third-order valence-electron chi connectivity index (χ3n) is 3.01. The molecule has 110 valence electrons. The van der Waals surface area contributed by atoms with Gasteiger partial charge >= 0.3 is 0 Å². The van der Waals surface area contributed by atoms with E-state index in [-0.39, 0.29) is 11.7 Å². The first kappa shape index (κ1) is 14.2. The Balaban J connectivity index is 1.74. The highest BCUT2D eigenvalue weighted by atomic mass is 32.1. The van der Waals surface area contributed by atoms with Gasteiger partial charge in [-0.3, -0.25) is 14.9 Å². The summed E-state index contributed by atoms with van der Waals surface area (Å²) >= 11 is 1.11. The summed E-state index contributed by atoms with van der Waals surface area (Å²) in [5.74, 6) is 0.109. The number of ketones is 1. The normalized spacial score (nSPS) is 10.4. The van der Waals surface area contributed by atoms with Crippen molar-refractivity contribution in [3.63, 3.8) is 0 Å². The number of carbonyl (C=O) groups is 2. The molecule has 7 heteroatoms. The summed E-state index contributed by atoms with van der Waals surface area (Å²) in [6.45, 7) is 1.45. The predicted molar refractivity (Wildman–Crippen MR) is 84.1 cm³/mol. The molecule has 0 unspecified atom stereocenters.